The summed E-state index contributed by atoms with van der Waals surface area (Å²) in [6, 6.07) is 13.2. The molecule has 0 fully saturated rings. The first kappa shape index (κ1) is 17.0. The molecule has 0 amide bonds. The van der Waals surface area contributed by atoms with Crippen LogP contribution < -0.4 is 0 Å². The van der Waals surface area contributed by atoms with Crippen molar-refractivity contribution in [2.24, 2.45) is 0 Å². The van der Waals surface area contributed by atoms with Crippen LogP contribution in [0.5, 0.6) is 0 Å². The van der Waals surface area contributed by atoms with Crippen molar-refractivity contribution in [2.45, 2.75) is 13.3 Å². The predicted molar refractivity (Wildman–Crippen MR) is 98.3 cm³/mol. The highest BCUT2D eigenvalue weighted by molar-refractivity contribution is 6.63. The van der Waals surface area contributed by atoms with Crippen LogP contribution in [0.25, 0.3) is 16.9 Å². The van der Waals surface area contributed by atoms with E-state index in [1.165, 1.54) is 0 Å². The molecule has 0 bridgehead atoms. The fourth-order valence-electron chi connectivity index (χ4n) is 2.48. The van der Waals surface area contributed by atoms with Crippen LogP contribution in [-0.2, 0) is 11.2 Å². The number of hydrogen-bond donors (Lipinski definition) is 0. The molecule has 0 N–H and O–H groups in total. The summed E-state index contributed by atoms with van der Waals surface area (Å²) < 4.78 is 1.74. The summed E-state index contributed by atoms with van der Waals surface area (Å²) >= 11 is 17.7. The van der Waals surface area contributed by atoms with Gasteiger partial charge in [-0.05, 0) is 48.4 Å². The van der Waals surface area contributed by atoms with E-state index in [0.717, 1.165) is 22.4 Å². The van der Waals surface area contributed by atoms with Crippen molar-refractivity contribution < 1.29 is 4.79 Å². The second-order valence-electron chi connectivity index (χ2n) is 5.45. The van der Waals surface area contributed by atoms with Crippen LogP contribution in [0.2, 0.25) is 10.0 Å². The van der Waals surface area contributed by atoms with Gasteiger partial charge in [-0.2, -0.15) is 5.10 Å². The van der Waals surface area contributed by atoms with Crippen molar-refractivity contribution in [3.63, 3.8) is 0 Å². The summed E-state index contributed by atoms with van der Waals surface area (Å²) in [6.07, 6.45) is 1.90. The lowest BCUT2D eigenvalue weighted by Crippen LogP contribution is -1.95. The molecule has 6 heteroatoms. The summed E-state index contributed by atoms with van der Waals surface area (Å²) in [6.45, 7) is 2.01. The second-order valence-corrected chi connectivity index (χ2v) is 6.68. The van der Waals surface area contributed by atoms with E-state index in [1.54, 1.807) is 16.8 Å². The van der Waals surface area contributed by atoms with Crippen LogP contribution in [0.1, 0.15) is 11.1 Å². The first-order chi connectivity index (χ1) is 11.4. The van der Waals surface area contributed by atoms with Crippen molar-refractivity contribution in [1.29, 1.82) is 0 Å². The molecule has 0 aliphatic rings. The van der Waals surface area contributed by atoms with E-state index in [9.17, 15) is 4.79 Å². The predicted octanol–water partition coefficient (Wildman–Crippen LogP) is 5.46. The van der Waals surface area contributed by atoms with Crippen molar-refractivity contribution >= 4 is 40.0 Å². The highest BCUT2D eigenvalue weighted by atomic mass is 35.5. The number of aromatic nitrogens is 2. The smallest absolute Gasteiger partial charge is 0.226 e. The number of nitrogens with zero attached hydrogens (tertiary/aromatic N) is 2. The Hall–Kier alpha value is -1.81. The van der Waals surface area contributed by atoms with E-state index in [0.29, 0.717) is 15.7 Å². The number of benzene rings is 2. The molecule has 0 spiro atoms. The summed E-state index contributed by atoms with van der Waals surface area (Å²) in [4.78, 5) is 11.4. The number of carbonyl (C=O) groups excluding carboxylic acids is 1. The van der Waals surface area contributed by atoms with Crippen LogP contribution in [0.4, 0.5) is 0 Å². The maximum Gasteiger partial charge on any atom is 0.226 e. The molecule has 0 saturated heterocycles. The van der Waals surface area contributed by atoms with E-state index in [4.69, 9.17) is 34.8 Å². The highest BCUT2D eigenvalue weighted by Crippen LogP contribution is 2.30. The van der Waals surface area contributed by atoms with Gasteiger partial charge in [0, 0.05) is 17.3 Å². The summed E-state index contributed by atoms with van der Waals surface area (Å²) in [5, 5.41) is 5.07. The molecule has 3 aromatic rings. The Morgan fingerprint density at radius 1 is 1.12 bits per heavy atom. The van der Waals surface area contributed by atoms with Crippen LogP contribution in [-0.4, -0.2) is 15.0 Å². The van der Waals surface area contributed by atoms with Gasteiger partial charge in [0.05, 0.1) is 27.8 Å². The minimum absolute atomic E-state index is 0.0863. The molecule has 3 rings (SSSR count). The quantitative estimate of drug-likeness (QED) is 0.564. The van der Waals surface area contributed by atoms with Crippen molar-refractivity contribution in [3.05, 3.63) is 69.8 Å². The van der Waals surface area contributed by atoms with Gasteiger partial charge in [0.1, 0.15) is 0 Å². The van der Waals surface area contributed by atoms with Crippen LogP contribution in [0.3, 0.4) is 0 Å². The van der Waals surface area contributed by atoms with Gasteiger partial charge in [-0.25, -0.2) is 4.68 Å². The lowest BCUT2D eigenvalue weighted by molar-refractivity contribution is -0.111. The van der Waals surface area contributed by atoms with Gasteiger partial charge in [-0.1, -0.05) is 41.4 Å². The number of halogens is 3. The molecule has 24 heavy (non-hydrogen) atoms. The van der Waals surface area contributed by atoms with Crippen LogP contribution >= 0.6 is 34.8 Å². The summed E-state index contributed by atoms with van der Waals surface area (Å²) in [5.74, 6) is 0. The molecule has 0 radical (unpaired) electrons. The van der Waals surface area contributed by atoms with E-state index in [1.807, 2.05) is 43.5 Å². The van der Waals surface area contributed by atoms with E-state index in [-0.39, 0.29) is 6.42 Å². The Balaban J connectivity index is 2.13. The Bertz CT molecular complexity index is 918. The van der Waals surface area contributed by atoms with Crippen LogP contribution in [0, 0.1) is 6.92 Å². The number of hydrogen-bond acceptors (Lipinski definition) is 2. The first-order valence-electron chi connectivity index (χ1n) is 7.23. The normalized spacial score (nSPS) is 10.8. The SMILES string of the molecule is Cc1cccc(-n2cc(CC(=O)Cl)c(-c3ccc(Cl)c(Cl)c3)n2)c1. The molecule has 122 valence electrons. The van der Waals surface area contributed by atoms with Crippen molar-refractivity contribution in [1.82, 2.24) is 9.78 Å². The first-order valence-corrected chi connectivity index (χ1v) is 8.37. The Morgan fingerprint density at radius 2 is 1.92 bits per heavy atom. The van der Waals surface area contributed by atoms with Gasteiger partial charge in [0.15, 0.2) is 0 Å². The molecule has 2 aromatic carbocycles. The third kappa shape index (κ3) is 3.64. The Kier molecular flexibility index (Phi) is 4.95. The average molecular weight is 380 g/mol. The van der Waals surface area contributed by atoms with Crippen molar-refractivity contribution in [2.75, 3.05) is 0 Å². The van der Waals surface area contributed by atoms with E-state index in [2.05, 4.69) is 5.10 Å². The zero-order valence-corrected chi connectivity index (χ0v) is 15.0. The second kappa shape index (κ2) is 6.98. The fraction of sp³-hybridized carbons (Fsp3) is 0.111. The third-order valence-corrected chi connectivity index (χ3v) is 4.45. The molecule has 0 atom stereocenters. The van der Waals surface area contributed by atoms with Gasteiger partial charge in [-0.3, -0.25) is 4.79 Å². The molecule has 0 unspecified atom stereocenters. The largest absolute Gasteiger partial charge is 0.281 e. The summed E-state index contributed by atoms with van der Waals surface area (Å²) in [5.41, 5.74) is 4.20. The minimum Gasteiger partial charge on any atom is -0.281 e. The van der Waals surface area contributed by atoms with Crippen LogP contribution in [0.15, 0.2) is 48.7 Å². The lowest BCUT2D eigenvalue weighted by atomic mass is 10.1. The zero-order valence-electron chi connectivity index (χ0n) is 12.8. The standard InChI is InChI=1S/C18H13Cl3N2O/c1-11-3-2-4-14(7-11)23-10-13(9-17(21)24)18(22-23)12-5-6-15(19)16(20)8-12/h2-8,10H,9H2,1H3. The Labute approximate surface area is 154 Å². The highest BCUT2D eigenvalue weighted by Gasteiger charge is 2.15. The van der Waals surface area contributed by atoms with Gasteiger partial charge in [0.25, 0.3) is 0 Å². The van der Waals surface area contributed by atoms with Crippen molar-refractivity contribution in [3.8, 4) is 16.9 Å². The molecule has 1 heterocycles. The average Bonchev–Trinajstić information content (AvgIpc) is 2.93. The Morgan fingerprint density at radius 3 is 2.58 bits per heavy atom. The maximum atomic E-state index is 11.4. The number of rotatable bonds is 4. The lowest BCUT2D eigenvalue weighted by Gasteiger charge is -2.03. The minimum atomic E-state index is -0.444. The van der Waals surface area contributed by atoms with Gasteiger partial charge >= 0.3 is 0 Å². The number of aryl methyl sites for hydroxylation is 1. The van der Waals surface area contributed by atoms with Gasteiger partial charge in [0.2, 0.25) is 5.24 Å². The molecular formula is C18H13Cl3N2O. The topological polar surface area (TPSA) is 34.9 Å². The zero-order chi connectivity index (χ0) is 17.3. The van der Waals surface area contributed by atoms with E-state index < -0.39 is 5.24 Å². The molecule has 3 nitrogen and oxygen atoms in total. The molecule has 0 saturated carbocycles. The number of carbonyl (C=O) groups is 1. The molecule has 0 aliphatic carbocycles. The van der Waals surface area contributed by atoms with Gasteiger partial charge in [-0.15, -0.1) is 0 Å². The van der Waals surface area contributed by atoms with E-state index >= 15 is 0 Å². The third-order valence-electron chi connectivity index (χ3n) is 3.58. The maximum absolute atomic E-state index is 11.4. The molecular weight excluding hydrogens is 367 g/mol. The molecule has 0 aliphatic heterocycles. The fourth-order valence-corrected chi connectivity index (χ4v) is 2.92. The molecule has 1 aromatic heterocycles. The summed E-state index contributed by atoms with van der Waals surface area (Å²) in [7, 11) is 0. The van der Waals surface area contributed by atoms with Gasteiger partial charge < -0.3 is 0 Å². The monoisotopic (exact) mass is 378 g/mol.